The van der Waals surface area contributed by atoms with Gasteiger partial charge < -0.3 is 19.7 Å². The lowest BCUT2D eigenvalue weighted by Crippen LogP contribution is -2.39. The van der Waals surface area contributed by atoms with Crippen LogP contribution in [0.5, 0.6) is 5.75 Å². The van der Waals surface area contributed by atoms with Crippen molar-refractivity contribution in [1.29, 1.82) is 0 Å². The summed E-state index contributed by atoms with van der Waals surface area (Å²) in [5.41, 5.74) is 0.918. The standard InChI is InChI=1S/C16H24N2O4/c1-13(19)18(10-11-21-2)9-8-17-16(20)12-14-4-6-15(22-3)7-5-14/h4-7H,8-12H2,1-3H3,(H,17,20). The number of hydrogen-bond acceptors (Lipinski definition) is 4. The van der Waals surface area contributed by atoms with E-state index in [0.717, 1.165) is 11.3 Å². The number of nitrogens with one attached hydrogen (secondary N) is 1. The topological polar surface area (TPSA) is 67.9 Å². The lowest BCUT2D eigenvalue weighted by atomic mass is 10.1. The number of hydrogen-bond donors (Lipinski definition) is 1. The molecule has 0 bridgehead atoms. The molecule has 0 aliphatic heterocycles. The van der Waals surface area contributed by atoms with Crippen molar-refractivity contribution >= 4 is 11.8 Å². The highest BCUT2D eigenvalue weighted by molar-refractivity contribution is 5.78. The summed E-state index contributed by atoms with van der Waals surface area (Å²) in [7, 11) is 3.20. The average molecular weight is 308 g/mol. The minimum Gasteiger partial charge on any atom is -0.497 e. The van der Waals surface area contributed by atoms with Crippen molar-refractivity contribution in [2.75, 3.05) is 40.5 Å². The van der Waals surface area contributed by atoms with Crippen molar-refractivity contribution < 1.29 is 19.1 Å². The van der Waals surface area contributed by atoms with Crippen LogP contribution in [0, 0.1) is 0 Å². The molecule has 122 valence electrons. The van der Waals surface area contributed by atoms with Gasteiger partial charge in [-0.05, 0) is 17.7 Å². The smallest absolute Gasteiger partial charge is 0.224 e. The first-order valence-corrected chi connectivity index (χ1v) is 7.21. The molecular formula is C16H24N2O4. The molecule has 0 radical (unpaired) electrons. The lowest BCUT2D eigenvalue weighted by molar-refractivity contribution is -0.130. The molecule has 1 aromatic rings. The third-order valence-electron chi connectivity index (χ3n) is 3.24. The summed E-state index contributed by atoms with van der Waals surface area (Å²) in [4.78, 5) is 24.9. The van der Waals surface area contributed by atoms with Crippen LogP contribution in [0.4, 0.5) is 0 Å². The Kier molecular flexibility index (Phi) is 7.99. The van der Waals surface area contributed by atoms with Crippen LogP contribution in [0.2, 0.25) is 0 Å². The second-order valence-corrected chi connectivity index (χ2v) is 4.87. The Morgan fingerprint density at radius 3 is 2.36 bits per heavy atom. The van der Waals surface area contributed by atoms with Crippen LogP contribution in [0.25, 0.3) is 0 Å². The minimum atomic E-state index is -0.0691. The van der Waals surface area contributed by atoms with Crippen molar-refractivity contribution in [2.45, 2.75) is 13.3 Å². The van der Waals surface area contributed by atoms with E-state index in [2.05, 4.69) is 5.32 Å². The van der Waals surface area contributed by atoms with Crippen LogP contribution in [0.3, 0.4) is 0 Å². The Balaban J connectivity index is 2.33. The molecule has 6 heteroatoms. The predicted octanol–water partition coefficient (Wildman–Crippen LogP) is 0.849. The Bertz CT molecular complexity index is 474. The molecule has 0 fully saturated rings. The lowest BCUT2D eigenvalue weighted by Gasteiger charge is -2.20. The SMILES string of the molecule is COCCN(CCNC(=O)Cc1ccc(OC)cc1)C(C)=O. The van der Waals surface area contributed by atoms with Crippen molar-refractivity contribution in [3.8, 4) is 5.75 Å². The van der Waals surface area contributed by atoms with Gasteiger partial charge in [-0.15, -0.1) is 0 Å². The third-order valence-corrected chi connectivity index (χ3v) is 3.24. The second kappa shape index (κ2) is 9.78. The molecule has 2 amide bonds. The van der Waals surface area contributed by atoms with Gasteiger partial charge in [-0.2, -0.15) is 0 Å². The van der Waals surface area contributed by atoms with Crippen LogP contribution >= 0.6 is 0 Å². The molecule has 0 aliphatic carbocycles. The van der Waals surface area contributed by atoms with Crippen molar-refractivity contribution in [1.82, 2.24) is 10.2 Å². The molecule has 1 aromatic carbocycles. The first-order chi connectivity index (χ1) is 10.6. The van der Waals surface area contributed by atoms with E-state index in [4.69, 9.17) is 9.47 Å². The van der Waals surface area contributed by atoms with E-state index < -0.39 is 0 Å². The quantitative estimate of drug-likeness (QED) is 0.734. The number of rotatable bonds is 9. The van der Waals surface area contributed by atoms with Gasteiger partial charge in [-0.1, -0.05) is 12.1 Å². The predicted molar refractivity (Wildman–Crippen MR) is 83.8 cm³/mol. The summed E-state index contributed by atoms with van der Waals surface area (Å²) >= 11 is 0. The van der Waals surface area contributed by atoms with Crippen LogP contribution in [-0.4, -0.2) is 57.2 Å². The molecule has 0 aromatic heterocycles. The zero-order valence-corrected chi connectivity index (χ0v) is 13.4. The minimum absolute atomic E-state index is 0.0264. The molecule has 0 atom stereocenters. The molecule has 0 unspecified atom stereocenters. The Labute approximate surface area is 131 Å². The van der Waals surface area contributed by atoms with E-state index in [0.29, 0.717) is 32.7 Å². The fourth-order valence-electron chi connectivity index (χ4n) is 1.95. The maximum Gasteiger partial charge on any atom is 0.224 e. The molecule has 0 saturated heterocycles. The second-order valence-electron chi connectivity index (χ2n) is 4.87. The number of nitrogens with zero attached hydrogens (tertiary/aromatic N) is 1. The summed E-state index contributed by atoms with van der Waals surface area (Å²) in [6.07, 6.45) is 0.308. The molecular weight excluding hydrogens is 284 g/mol. The highest BCUT2D eigenvalue weighted by Crippen LogP contribution is 2.11. The highest BCUT2D eigenvalue weighted by Gasteiger charge is 2.09. The van der Waals surface area contributed by atoms with E-state index in [-0.39, 0.29) is 11.8 Å². The van der Waals surface area contributed by atoms with E-state index >= 15 is 0 Å². The van der Waals surface area contributed by atoms with Crippen LogP contribution in [0.15, 0.2) is 24.3 Å². The number of benzene rings is 1. The Morgan fingerprint density at radius 1 is 1.14 bits per heavy atom. The molecule has 0 saturated carbocycles. The third kappa shape index (κ3) is 6.58. The van der Waals surface area contributed by atoms with Crippen LogP contribution in [0.1, 0.15) is 12.5 Å². The molecule has 1 rings (SSSR count). The van der Waals surface area contributed by atoms with Gasteiger partial charge in [0, 0.05) is 33.7 Å². The van der Waals surface area contributed by atoms with Gasteiger partial charge in [0.1, 0.15) is 5.75 Å². The first-order valence-electron chi connectivity index (χ1n) is 7.21. The van der Waals surface area contributed by atoms with Crippen molar-refractivity contribution in [2.24, 2.45) is 0 Å². The largest absolute Gasteiger partial charge is 0.497 e. The molecule has 0 spiro atoms. The maximum absolute atomic E-state index is 11.9. The van der Waals surface area contributed by atoms with E-state index in [1.807, 2.05) is 24.3 Å². The molecule has 22 heavy (non-hydrogen) atoms. The van der Waals surface area contributed by atoms with Gasteiger partial charge in [0.25, 0.3) is 0 Å². The van der Waals surface area contributed by atoms with Gasteiger partial charge in [0.05, 0.1) is 20.1 Å². The van der Waals surface area contributed by atoms with E-state index in [1.165, 1.54) is 6.92 Å². The number of ether oxygens (including phenoxy) is 2. The van der Waals surface area contributed by atoms with Crippen molar-refractivity contribution in [3.05, 3.63) is 29.8 Å². The number of carbonyl (C=O) groups is 2. The number of amides is 2. The highest BCUT2D eigenvalue weighted by atomic mass is 16.5. The van der Waals surface area contributed by atoms with Crippen LogP contribution in [-0.2, 0) is 20.7 Å². The zero-order chi connectivity index (χ0) is 16.4. The summed E-state index contributed by atoms with van der Waals surface area (Å²) in [5, 5.41) is 2.82. The molecule has 6 nitrogen and oxygen atoms in total. The molecule has 0 heterocycles. The van der Waals surface area contributed by atoms with Crippen LogP contribution < -0.4 is 10.1 Å². The van der Waals surface area contributed by atoms with Gasteiger partial charge in [0.2, 0.25) is 11.8 Å². The monoisotopic (exact) mass is 308 g/mol. The first kappa shape index (κ1) is 18.0. The molecule has 0 aliphatic rings. The molecule has 1 N–H and O–H groups in total. The summed E-state index contributed by atoms with van der Waals surface area (Å²) in [5.74, 6) is 0.668. The zero-order valence-electron chi connectivity index (χ0n) is 13.4. The van der Waals surface area contributed by atoms with Gasteiger partial charge in [0.15, 0.2) is 0 Å². The number of methoxy groups -OCH3 is 2. The fourth-order valence-corrected chi connectivity index (χ4v) is 1.95. The Hall–Kier alpha value is -2.08. The van der Waals surface area contributed by atoms with E-state index in [1.54, 1.807) is 19.1 Å². The maximum atomic E-state index is 11.9. The van der Waals surface area contributed by atoms with Crippen molar-refractivity contribution in [3.63, 3.8) is 0 Å². The normalized spacial score (nSPS) is 10.1. The fraction of sp³-hybridized carbons (Fsp3) is 0.500. The van der Waals surface area contributed by atoms with Gasteiger partial charge in [-0.25, -0.2) is 0 Å². The number of carbonyl (C=O) groups excluding carboxylic acids is 2. The van der Waals surface area contributed by atoms with Gasteiger partial charge in [-0.3, -0.25) is 9.59 Å². The summed E-state index contributed by atoms with van der Waals surface area (Å²) in [6, 6.07) is 7.37. The average Bonchev–Trinajstić information content (AvgIpc) is 2.51. The summed E-state index contributed by atoms with van der Waals surface area (Å²) in [6.45, 7) is 3.43. The Morgan fingerprint density at radius 2 is 1.82 bits per heavy atom. The van der Waals surface area contributed by atoms with E-state index in [9.17, 15) is 9.59 Å². The summed E-state index contributed by atoms with van der Waals surface area (Å²) < 4.78 is 10.0. The van der Waals surface area contributed by atoms with Gasteiger partial charge >= 0.3 is 0 Å².